The number of benzene rings is 3. The molecule has 1 heterocycles. The molecule has 4 rings (SSSR count). The average Bonchev–Trinajstić information content (AvgIpc) is 3.41. The van der Waals surface area contributed by atoms with Gasteiger partial charge < -0.3 is 29.0 Å². The van der Waals surface area contributed by atoms with Crippen LogP contribution in [-0.2, 0) is 22.7 Å². The van der Waals surface area contributed by atoms with Crippen LogP contribution < -0.4 is 19.5 Å². The highest BCUT2D eigenvalue weighted by Crippen LogP contribution is 2.39. The molecule has 0 saturated heterocycles. The van der Waals surface area contributed by atoms with Gasteiger partial charge in [-0.25, -0.2) is 4.39 Å². The fourth-order valence-corrected chi connectivity index (χ4v) is 5.39. The number of carbonyl (C=O) groups excluding carboxylic acids is 3. The van der Waals surface area contributed by atoms with E-state index in [9.17, 15) is 18.8 Å². The van der Waals surface area contributed by atoms with Crippen molar-refractivity contribution in [2.45, 2.75) is 33.0 Å². The average molecular weight is 616 g/mol. The van der Waals surface area contributed by atoms with Gasteiger partial charge in [-0.3, -0.25) is 14.4 Å². The molecule has 0 aliphatic carbocycles. The van der Waals surface area contributed by atoms with E-state index in [0.29, 0.717) is 34.7 Å². The number of hydrogen-bond donors (Lipinski definition) is 1. The summed E-state index contributed by atoms with van der Waals surface area (Å²) in [5.74, 6) is -1.62. The van der Waals surface area contributed by atoms with Crippen LogP contribution in [0.15, 0.2) is 79.5 Å². The summed E-state index contributed by atoms with van der Waals surface area (Å²) in [7, 11) is 4.45. The van der Waals surface area contributed by atoms with Crippen molar-refractivity contribution in [2.24, 2.45) is 5.92 Å². The largest absolute Gasteiger partial charge is 0.493 e. The van der Waals surface area contributed by atoms with E-state index < -0.39 is 23.6 Å². The highest BCUT2D eigenvalue weighted by molar-refractivity contribution is 6.45. The second kappa shape index (κ2) is 14.6. The van der Waals surface area contributed by atoms with Crippen molar-refractivity contribution >= 4 is 28.5 Å². The Kier molecular flexibility index (Phi) is 10.6. The van der Waals surface area contributed by atoms with Crippen molar-refractivity contribution < 1.29 is 33.0 Å². The quantitative estimate of drug-likeness (QED) is 0.116. The zero-order valence-corrected chi connectivity index (χ0v) is 26.1. The fourth-order valence-electron chi connectivity index (χ4n) is 5.39. The van der Waals surface area contributed by atoms with Gasteiger partial charge in [0.25, 0.3) is 11.7 Å². The number of amides is 2. The third-order valence-corrected chi connectivity index (χ3v) is 7.49. The second-order valence-electron chi connectivity index (χ2n) is 10.8. The van der Waals surface area contributed by atoms with E-state index in [1.54, 1.807) is 48.7 Å². The first kappa shape index (κ1) is 32.8. The summed E-state index contributed by atoms with van der Waals surface area (Å²) in [5.41, 5.74) is 2.32. The van der Waals surface area contributed by atoms with Crippen molar-refractivity contribution in [3.63, 3.8) is 0 Å². The van der Waals surface area contributed by atoms with Gasteiger partial charge in [0.1, 0.15) is 11.9 Å². The standard InChI is InChI=1S/C35H38FN3O6/c1-7-16-37-34(41)31(22(2)3)39(20-24-17-29(43-4)33(45-6)30(18-24)44-5)35(42)32(40)27-21-38(28-11-9-8-10-26(27)28)19-23-12-14-25(36)15-13-23/h7-15,17-18,21-22,31H,1,16,19-20H2,2-6H3,(H,37,41). The van der Waals surface area contributed by atoms with Gasteiger partial charge in [0.15, 0.2) is 11.5 Å². The van der Waals surface area contributed by atoms with Gasteiger partial charge in [0.05, 0.1) is 26.9 Å². The molecule has 1 unspecified atom stereocenters. The van der Waals surface area contributed by atoms with E-state index in [1.165, 1.54) is 38.4 Å². The Bertz CT molecular complexity index is 1670. The Morgan fingerprint density at radius 1 is 0.956 bits per heavy atom. The number of aromatic nitrogens is 1. The lowest BCUT2D eigenvalue weighted by Gasteiger charge is -2.33. The molecule has 1 atom stereocenters. The number of rotatable bonds is 14. The summed E-state index contributed by atoms with van der Waals surface area (Å²) in [5, 5.41) is 3.37. The topological polar surface area (TPSA) is 99.1 Å². The molecule has 0 saturated carbocycles. The molecular formula is C35H38FN3O6. The summed E-state index contributed by atoms with van der Waals surface area (Å²) in [6, 6.07) is 15.7. The van der Waals surface area contributed by atoms with Gasteiger partial charge in [-0.2, -0.15) is 0 Å². The predicted molar refractivity (Wildman–Crippen MR) is 170 cm³/mol. The SMILES string of the molecule is C=CCNC(=O)C(C(C)C)N(Cc1cc(OC)c(OC)c(OC)c1)C(=O)C(=O)c1cn(Cc2ccc(F)cc2)c2ccccc12. The van der Waals surface area contributed by atoms with Crippen molar-refractivity contribution in [2.75, 3.05) is 27.9 Å². The first-order valence-corrected chi connectivity index (χ1v) is 14.5. The number of hydrogen-bond acceptors (Lipinski definition) is 6. The number of ether oxygens (including phenoxy) is 3. The number of Topliss-reactive ketones (excluding diaryl/α,β-unsaturated/α-hetero) is 1. The Balaban J connectivity index is 1.79. The summed E-state index contributed by atoms with van der Waals surface area (Å²) in [4.78, 5) is 43.2. The van der Waals surface area contributed by atoms with Crippen LogP contribution in [0.2, 0.25) is 0 Å². The van der Waals surface area contributed by atoms with Crippen LogP contribution in [-0.4, -0.2) is 61.0 Å². The summed E-state index contributed by atoms with van der Waals surface area (Å²) >= 11 is 0. The minimum absolute atomic E-state index is 0.0974. The van der Waals surface area contributed by atoms with Crippen molar-refractivity contribution in [1.82, 2.24) is 14.8 Å². The molecule has 2 amide bonds. The first-order valence-electron chi connectivity index (χ1n) is 14.5. The molecule has 0 radical (unpaired) electrons. The molecule has 0 fully saturated rings. The molecule has 3 aromatic carbocycles. The molecule has 10 heteroatoms. The van der Waals surface area contributed by atoms with E-state index in [4.69, 9.17) is 14.2 Å². The summed E-state index contributed by atoms with van der Waals surface area (Å²) in [6.45, 7) is 7.74. The van der Waals surface area contributed by atoms with Crippen LogP contribution in [0.3, 0.4) is 0 Å². The number of nitrogens with one attached hydrogen (secondary N) is 1. The van der Waals surface area contributed by atoms with Crippen molar-refractivity contribution in [1.29, 1.82) is 0 Å². The zero-order chi connectivity index (χ0) is 32.7. The highest BCUT2D eigenvalue weighted by atomic mass is 19.1. The molecule has 236 valence electrons. The minimum atomic E-state index is -0.993. The normalized spacial score (nSPS) is 11.6. The Morgan fingerprint density at radius 3 is 2.18 bits per heavy atom. The van der Waals surface area contributed by atoms with Crippen LogP contribution >= 0.6 is 0 Å². The maximum absolute atomic E-state index is 14.3. The Morgan fingerprint density at radius 2 is 1.60 bits per heavy atom. The van der Waals surface area contributed by atoms with Crippen LogP contribution in [0.4, 0.5) is 4.39 Å². The minimum Gasteiger partial charge on any atom is -0.493 e. The maximum atomic E-state index is 14.3. The van der Waals surface area contributed by atoms with Crippen LogP contribution in [0.5, 0.6) is 17.2 Å². The van der Waals surface area contributed by atoms with Crippen LogP contribution in [0.25, 0.3) is 10.9 Å². The van der Waals surface area contributed by atoms with E-state index in [0.717, 1.165) is 11.1 Å². The molecule has 1 N–H and O–H groups in total. The number of ketones is 1. The number of fused-ring (bicyclic) bond motifs is 1. The van der Waals surface area contributed by atoms with E-state index in [-0.39, 0.29) is 30.4 Å². The molecule has 0 spiro atoms. The number of nitrogens with zero attached hydrogens (tertiary/aromatic N) is 2. The zero-order valence-electron chi connectivity index (χ0n) is 26.1. The second-order valence-corrected chi connectivity index (χ2v) is 10.8. The third-order valence-electron chi connectivity index (χ3n) is 7.49. The van der Waals surface area contributed by atoms with Gasteiger partial charge >= 0.3 is 0 Å². The van der Waals surface area contributed by atoms with Crippen molar-refractivity contribution in [3.8, 4) is 17.2 Å². The van der Waals surface area contributed by atoms with Gasteiger partial charge in [0.2, 0.25) is 11.7 Å². The van der Waals surface area contributed by atoms with Gasteiger partial charge in [0, 0.05) is 36.7 Å². The fraction of sp³-hybridized carbons (Fsp3) is 0.286. The first-order chi connectivity index (χ1) is 21.6. The molecule has 4 aromatic rings. The van der Waals surface area contributed by atoms with E-state index >= 15 is 0 Å². The lowest BCUT2D eigenvalue weighted by Crippen LogP contribution is -2.53. The molecule has 0 aliphatic heterocycles. The van der Waals surface area contributed by atoms with Crippen LogP contribution in [0.1, 0.15) is 35.3 Å². The highest BCUT2D eigenvalue weighted by Gasteiger charge is 2.37. The third kappa shape index (κ3) is 7.17. The summed E-state index contributed by atoms with van der Waals surface area (Å²) in [6.07, 6.45) is 3.18. The van der Waals surface area contributed by atoms with E-state index in [2.05, 4.69) is 11.9 Å². The molecule has 45 heavy (non-hydrogen) atoms. The van der Waals surface area contributed by atoms with E-state index in [1.807, 2.05) is 30.5 Å². The van der Waals surface area contributed by atoms with Gasteiger partial charge in [-0.1, -0.05) is 50.3 Å². The maximum Gasteiger partial charge on any atom is 0.296 e. The Labute approximate surface area is 262 Å². The Hall–Kier alpha value is -5.12. The van der Waals surface area contributed by atoms with Crippen LogP contribution in [0, 0.1) is 11.7 Å². The number of carbonyl (C=O) groups is 3. The number of halogens is 1. The number of para-hydroxylation sites is 1. The molecule has 0 aliphatic rings. The lowest BCUT2D eigenvalue weighted by molar-refractivity contribution is -0.139. The molecular weight excluding hydrogens is 577 g/mol. The molecule has 1 aromatic heterocycles. The summed E-state index contributed by atoms with van der Waals surface area (Å²) < 4.78 is 31.8. The smallest absolute Gasteiger partial charge is 0.296 e. The van der Waals surface area contributed by atoms with Crippen molar-refractivity contribution in [3.05, 3.63) is 102 Å². The predicted octanol–water partition coefficient (Wildman–Crippen LogP) is 5.39. The molecule has 0 bridgehead atoms. The molecule has 9 nitrogen and oxygen atoms in total. The number of methoxy groups -OCH3 is 3. The monoisotopic (exact) mass is 615 g/mol. The van der Waals surface area contributed by atoms with Gasteiger partial charge in [-0.15, -0.1) is 6.58 Å². The lowest BCUT2D eigenvalue weighted by atomic mass is 9.98. The van der Waals surface area contributed by atoms with Gasteiger partial charge in [-0.05, 0) is 47.4 Å².